The van der Waals surface area contributed by atoms with E-state index in [0.717, 1.165) is 0 Å². The second-order valence-electron chi connectivity index (χ2n) is 3.06. The van der Waals surface area contributed by atoms with E-state index in [1.807, 2.05) is 6.07 Å². The Kier molecular flexibility index (Phi) is 2.83. The van der Waals surface area contributed by atoms with Crippen LogP contribution in [0.4, 0.5) is 0 Å². The molecule has 0 saturated carbocycles. The van der Waals surface area contributed by atoms with Gasteiger partial charge in [0.25, 0.3) is 0 Å². The van der Waals surface area contributed by atoms with E-state index in [-0.39, 0.29) is 5.76 Å². The van der Waals surface area contributed by atoms with Crippen LogP contribution < -0.4 is 0 Å². The summed E-state index contributed by atoms with van der Waals surface area (Å²) in [5.74, 6) is -0.194. The first kappa shape index (κ1) is 10.6. The average molecular weight is 235 g/mol. The minimum absolute atomic E-state index is 0.0323. The number of hydrogen-bond donors (Lipinski definition) is 1. The summed E-state index contributed by atoms with van der Waals surface area (Å²) >= 11 is 5.98. The summed E-state index contributed by atoms with van der Waals surface area (Å²) in [6, 6.07) is 10.2. The molecule has 2 rings (SSSR count). The molecule has 0 spiro atoms. The van der Waals surface area contributed by atoms with Crippen LogP contribution in [-0.4, -0.2) is 5.91 Å². The van der Waals surface area contributed by atoms with Gasteiger partial charge in [0.05, 0.1) is 5.02 Å². The first-order valence-corrected chi connectivity index (χ1v) is 4.86. The molecule has 0 aliphatic heterocycles. The van der Waals surface area contributed by atoms with E-state index < -0.39 is 5.91 Å². The summed E-state index contributed by atoms with van der Waals surface area (Å²) in [5, 5.41) is 3.31. The predicted octanol–water partition coefficient (Wildman–Crippen LogP) is 3.77. The third-order valence-corrected chi connectivity index (χ3v) is 2.39. The predicted molar refractivity (Wildman–Crippen MR) is 58.6 cm³/mol. The van der Waals surface area contributed by atoms with E-state index in [4.69, 9.17) is 21.5 Å². The van der Waals surface area contributed by atoms with Gasteiger partial charge >= 0.3 is 5.91 Å². The summed E-state index contributed by atoms with van der Waals surface area (Å²) in [6.45, 7) is 0. The van der Waals surface area contributed by atoms with Gasteiger partial charge in [-0.2, -0.15) is 0 Å². The van der Waals surface area contributed by atoms with E-state index in [9.17, 15) is 4.79 Å². The molecule has 2 aromatic rings. The molecule has 0 unspecified atom stereocenters. The second kappa shape index (κ2) is 4.28. The molecule has 0 bridgehead atoms. The van der Waals surface area contributed by atoms with Crippen LogP contribution in [0.15, 0.2) is 45.9 Å². The van der Waals surface area contributed by atoms with Gasteiger partial charge < -0.3 is 4.42 Å². The molecule has 1 N–H and O–H groups in total. The molecule has 0 radical (unpaired) electrons. The summed E-state index contributed by atoms with van der Waals surface area (Å²) in [7, 11) is 0. The number of amides is 1. The van der Waals surface area contributed by atoms with Crippen LogP contribution in [-0.2, 0) is 0 Å². The van der Waals surface area contributed by atoms with Crippen molar-refractivity contribution in [3.63, 3.8) is 0 Å². The Labute approximate surface area is 96.3 Å². The number of nitrogens with one attached hydrogen (secondary N) is 1. The lowest BCUT2D eigenvalue weighted by Gasteiger charge is -1.98. The van der Waals surface area contributed by atoms with Gasteiger partial charge in [-0.25, -0.2) is 5.53 Å². The molecule has 0 saturated heterocycles. The molecule has 80 valence electrons. The zero-order chi connectivity index (χ0) is 11.5. The zero-order valence-electron chi connectivity index (χ0n) is 8.11. The Morgan fingerprint density at radius 3 is 2.69 bits per heavy atom. The Hall–Kier alpha value is -1.94. The quantitative estimate of drug-likeness (QED) is 0.804. The number of hydrogen-bond acceptors (Lipinski definition) is 3. The monoisotopic (exact) mass is 234 g/mol. The fourth-order valence-electron chi connectivity index (χ4n) is 1.31. The van der Waals surface area contributed by atoms with Crippen molar-refractivity contribution in [2.75, 3.05) is 0 Å². The van der Waals surface area contributed by atoms with Crippen LogP contribution in [0, 0.1) is 5.53 Å². The molecule has 1 aromatic heterocycles. The molecule has 1 amide bonds. The molecule has 0 atom stereocenters. The maximum atomic E-state index is 11.1. The highest BCUT2D eigenvalue weighted by Crippen LogP contribution is 2.29. The molecule has 16 heavy (non-hydrogen) atoms. The van der Waals surface area contributed by atoms with E-state index >= 15 is 0 Å². The van der Waals surface area contributed by atoms with Gasteiger partial charge in [-0.3, -0.25) is 4.79 Å². The average Bonchev–Trinajstić information content (AvgIpc) is 2.78. The lowest BCUT2D eigenvalue weighted by Crippen LogP contribution is -1.88. The number of benzene rings is 1. The van der Waals surface area contributed by atoms with Crippen LogP contribution in [0.25, 0.3) is 11.3 Å². The third kappa shape index (κ3) is 1.87. The van der Waals surface area contributed by atoms with Crippen molar-refractivity contribution in [1.29, 1.82) is 5.53 Å². The Morgan fingerprint density at radius 2 is 2.00 bits per heavy atom. The van der Waals surface area contributed by atoms with Crippen LogP contribution >= 0.6 is 11.6 Å². The number of carbonyl (C=O) groups excluding carboxylic acids is 1. The highest BCUT2D eigenvalue weighted by molar-refractivity contribution is 6.33. The molecule has 1 heterocycles. The van der Waals surface area contributed by atoms with Crippen molar-refractivity contribution < 1.29 is 9.21 Å². The Morgan fingerprint density at radius 1 is 1.25 bits per heavy atom. The summed E-state index contributed by atoms with van der Waals surface area (Å²) < 4.78 is 5.26. The molecule has 0 aliphatic carbocycles. The normalized spacial score (nSPS) is 10.1. The van der Waals surface area contributed by atoms with Gasteiger partial charge in [-0.15, -0.1) is 5.11 Å². The van der Waals surface area contributed by atoms with Crippen LogP contribution in [0.3, 0.4) is 0 Å². The smallest absolute Gasteiger partial charge is 0.330 e. The van der Waals surface area contributed by atoms with Crippen molar-refractivity contribution in [3.8, 4) is 11.3 Å². The van der Waals surface area contributed by atoms with E-state index in [0.29, 0.717) is 16.3 Å². The maximum absolute atomic E-state index is 11.1. The van der Waals surface area contributed by atoms with E-state index in [1.54, 1.807) is 24.3 Å². The number of halogens is 1. The molecule has 0 fully saturated rings. The first-order chi connectivity index (χ1) is 7.72. The summed E-state index contributed by atoms with van der Waals surface area (Å²) in [6.07, 6.45) is 0. The summed E-state index contributed by atoms with van der Waals surface area (Å²) in [5.41, 5.74) is 7.29. The number of rotatable bonds is 2. The fourth-order valence-corrected chi connectivity index (χ4v) is 1.54. The highest BCUT2D eigenvalue weighted by atomic mass is 35.5. The van der Waals surface area contributed by atoms with Gasteiger partial charge in [0.2, 0.25) is 0 Å². The van der Waals surface area contributed by atoms with Crippen molar-refractivity contribution in [2.24, 2.45) is 5.11 Å². The lowest BCUT2D eigenvalue weighted by atomic mass is 10.2. The Balaban J connectivity index is 2.43. The minimum Gasteiger partial charge on any atom is -0.451 e. The van der Waals surface area contributed by atoms with Crippen molar-refractivity contribution >= 4 is 17.5 Å². The Bertz CT molecular complexity index is 548. The van der Waals surface area contributed by atoms with Gasteiger partial charge in [-0.1, -0.05) is 23.7 Å². The molecule has 0 aliphatic rings. The van der Waals surface area contributed by atoms with Crippen molar-refractivity contribution in [2.45, 2.75) is 0 Å². The molecular weight excluding hydrogens is 228 g/mol. The van der Waals surface area contributed by atoms with Gasteiger partial charge in [0.1, 0.15) is 5.76 Å². The van der Waals surface area contributed by atoms with Crippen molar-refractivity contribution in [3.05, 3.63) is 47.2 Å². The fraction of sp³-hybridized carbons (Fsp3) is 0. The number of nitrogens with zero attached hydrogens (tertiary/aromatic N) is 1. The van der Waals surface area contributed by atoms with Crippen molar-refractivity contribution in [1.82, 2.24) is 0 Å². The van der Waals surface area contributed by atoms with Crippen LogP contribution in [0.1, 0.15) is 10.6 Å². The number of furan rings is 1. The topological polar surface area (TPSA) is 66.4 Å². The number of carbonyl (C=O) groups is 1. The van der Waals surface area contributed by atoms with Crippen LogP contribution in [0.2, 0.25) is 5.02 Å². The molecule has 4 nitrogen and oxygen atoms in total. The van der Waals surface area contributed by atoms with Gasteiger partial charge in [-0.05, 0) is 24.3 Å². The van der Waals surface area contributed by atoms with Crippen LogP contribution in [0.5, 0.6) is 0 Å². The largest absolute Gasteiger partial charge is 0.451 e. The molecule has 5 heteroatoms. The molecular formula is C11H7ClN2O2. The highest BCUT2D eigenvalue weighted by Gasteiger charge is 2.12. The molecule has 1 aromatic carbocycles. The summed E-state index contributed by atoms with van der Waals surface area (Å²) in [4.78, 5) is 11.1. The van der Waals surface area contributed by atoms with E-state index in [2.05, 4.69) is 5.11 Å². The minimum atomic E-state index is -0.710. The lowest BCUT2D eigenvalue weighted by molar-refractivity contribution is 0.0965. The zero-order valence-corrected chi connectivity index (χ0v) is 8.86. The van der Waals surface area contributed by atoms with Gasteiger partial charge in [0.15, 0.2) is 5.76 Å². The maximum Gasteiger partial charge on any atom is 0.330 e. The van der Waals surface area contributed by atoms with Gasteiger partial charge in [0, 0.05) is 5.56 Å². The first-order valence-electron chi connectivity index (χ1n) is 4.49. The third-order valence-electron chi connectivity index (χ3n) is 2.06. The van der Waals surface area contributed by atoms with E-state index in [1.165, 1.54) is 6.07 Å². The SMILES string of the molecule is N=NC(=O)c1ccc(-c2ccccc2Cl)o1. The second-order valence-corrected chi connectivity index (χ2v) is 3.47. The standard InChI is InChI=1S/C11H7ClN2O2/c12-8-4-2-1-3-7(8)9-5-6-10(16-9)11(15)14-13/h1-6,13H.